The molecule has 11 unspecified atom stereocenters. The van der Waals surface area contributed by atoms with E-state index in [1.54, 1.807) is 7.05 Å². The van der Waals surface area contributed by atoms with E-state index in [1.807, 2.05) is 0 Å². The largest absolute Gasteiger partial charge is 0.481 e. The van der Waals surface area contributed by atoms with Gasteiger partial charge >= 0.3 is 5.97 Å². The van der Waals surface area contributed by atoms with Crippen molar-refractivity contribution < 1.29 is 24.5 Å². The van der Waals surface area contributed by atoms with Crippen molar-refractivity contribution in [2.75, 3.05) is 13.7 Å². The van der Waals surface area contributed by atoms with Gasteiger partial charge in [-0.1, -0.05) is 20.8 Å². The second-order valence-electron chi connectivity index (χ2n) is 13.5. The smallest absolute Gasteiger partial charge is 0.306 e. The highest BCUT2D eigenvalue weighted by Gasteiger charge is 2.62. The summed E-state index contributed by atoms with van der Waals surface area (Å²) in [5.74, 6) is 3.67. The fourth-order valence-electron chi connectivity index (χ4n) is 9.89. The van der Waals surface area contributed by atoms with E-state index in [9.17, 15) is 15.0 Å². The number of hydrogen-bond donors (Lipinski definition) is 2. The molecule has 36 heavy (non-hydrogen) atoms. The van der Waals surface area contributed by atoms with Gasteiger partial charge in [-0.25, -0.2) is 0 Å². The number of carbonyl (C=O) groups excluding carboxylic acids is 1. The molecular weight excluding hydrogens is 454 g/mol. The van der Waals surface area contributed by atoms with Gasteiger partial charge in [-0.15, -0.1) is 0 Å². The SMILES string of the molecule is CN=C1CC(OC(=O)CCC(C)C2CCC3C4C(O)CC5CC(O)CCC5(C)C4CCC23C)CCO1. The Bertz CT molecular complexity index is 845. The topological polar surface area (TPSA) is 88.4 Å². The highest BCUT2D eigenvalue weighted by molar-refractivity contribution is 5.78. The van der Waals surface area contributed by atoms with E-state index >= 15 is 0 Å². The second-order valence-corrected chi connectivity index (χ2v) is 13.5. The van der Waals surface area contributed by atoms with Gasteiger partial charge < -0.3 is 19.7 Å². The predicted molar refractivity (Wildman–Crippen MR) is 139 cm³/mol. The summed E-state index contributed by atoms with van der Waals surface area (Å²) in [4.78, 5) is 16.8. The Labute approximate surface area is 217 Å². The van der Waals surface area contributed by atoms with Gasteiger partial charge in [0.15, 0.2) is 5.90 Å². The van der Waals surface area contributed by atoms with Crippen LogP contribution in [-0.2, 0) is 14.3 Å². The number of fused-ring (bicyclic) bond motifs is 5. The van der Waals surface area contributed by atoms with E-state index < -0.39 is 0 Å². The average Bonchev–Trinajstić information content (AvgIpc) is 3.21. The summed E-state index contributed by atoms with van der Waals surface area (Å²) in [6.07, 6.45) is 10.8. The van der Waals surface area contributed by atoms with E-state index in [-0.39, 0.29) is 35.1 Å². The molecule has 0 aromatic rings. The molecule has 4 saturated carbocycles. The van der Waals surface area contributed by atoms with Gasteiger partial charge in [0.05, 0.1) is 25.2 Å². The van der Waals surface area contributed by atoms with Crippen LogP contribution in [-0.4, -0.2) is 54.0 Å². The average molecular weight is 504 g/mol. The maximum Gasteiger partial charge on any atom is 0.306 e. The Morgan fingerprint density at radius 1 is 1.08 bits per heavy atom. The van der Waals surface area contributed by atoms with E-state index in [0.29, 0.717) is 60.9 Å². The third-order valence-corrected chi connectivity index (χ3v) is 11.9. The molecule has 1 heterocycles. The third-order valence-electron chi connectivity index (χ3n) is 11.9. The summed E-state index contributed by atoms with van der Waals surface area (Å²) in [6, 6.07) is 0. The van der Waals surface area contributed by atoms with Crippen molar-refractivity contribution >= 4 is 11.9 Å². The lowest BCUT2D eigenvalue weighted by atomic mass is 9.43. The summed E-state index contributed by atoms with van der Waals surface area (Å²) in [7, 11) is 1.72. The first kappa shape index (κ1) is 26.5. The minimum atomic E-state index is -0.233. The molecule has 0 bridgehead atoms. The molecule has 4 aliphatic carbocycles. The standard InChI is InChI=1S/C30H49NO5/c1-18(5-8-27(34)36-21-11-14-35-26(17-21)31-4)22-6-7-23-28-24(10-13-30(22,23)3)29(2)12-9-20(32)15-19(29)16-25(28)33/h18-25,28,32-33H,5-17H2,1-4H3. The van der Waals surface area contributed by atoms with Crippen LogP contribution in [0.2, 0.25) is 0 Å². The fraction of sp³-hybridized carbons (Fsp3) is 0.933. The van der Waals surface area contributed by atoms with Gasteiger partial charge in [-0.3, -0.25) is 9.79 Å². The molecule has 11 atom stereocenters. The summed E-state index contributed by atoms with van der Waals surface area (Å²) >= 11 is 0. The Balaban J connectivity index is 1.20. The van der Waals surface area contributed by atoms with E-state index in [1.165, 1.54) is 25.7 Å². The molecule has 1 saturated heterocycles. The number of carbonyl (C=O) groups is 1. The van der Waals surface area contributed by atoms with Gasteiger partial charge in [-0.05, 0) is 104 Å². The summed E-state index contributed by atoms with van der Waals surface area (Å²) in [6.45, 7) is 7.88. The van der Waals surface area contributed by atoms with Crippen LogP contribution in [0.4, 0.5) is 0 Å². The van der Waals surface area contributed by atoms with Crippen LogP contribution >= 0.6 is 0 Å². The van der Waals surface area contributed by atoms with Crippen molar-refractivity contribution in [3.05, 3.63) is 0 Å². The molecular formula is C30H49NO5. The van der Waals surface area contributed by atoms with Crippen molar-refractivity contribution in [3.8, 4) is 0 Å². The van der Waals surface area contributed by atoms with E-state index in [0.717, 1.165) is 38.5 Å². The zero-order valence-corrected chi connectivity index (χ0v) is 23.0. The first-order chi connectivity index (χ1) is 17.2. The molecule has 204 valence electrons. The second kappa shape index (κ2) is 10.2. The van der Waals surface area contributed by atoms with Gasteiger partial charge in [0.2, 0.25) is 0 Å². The van der Waals surface area contributed by atoms with Crippen molar-refractivity contribution in [1.29, 1.82) is 0 Å². The lowest BCUT2D eigenvalue weighted by Gasteiger charge is -2.62. The van der Waals surface area contributed by atoms with Crippen molar-refractivity contribution in [1.82, 2.24) is 0 Å². The minimum Gasteiger partial charge on any atom is -0.481 e. The summed E-state index contributed by atoms with van der Waals surface area (Å²) < 4.78 is 11.3. The third kappa shape index (κ3) is 4.63. The van der Waals surface area contributed by atoms with Crippen LogP contribution in [0, 0.1) is 46.3 Å². The van der Waals surface area contributed by atoms with Crippen LogP contribution in [0.5, 0.6) is 0 Å². The first-order valence-electron chi connectivity index (χ1n) is 14.8. The number of aliphatic imine (C=N–C) groups is 1. The zero-order chi connectivity index (χ0) is 25.7. The highest BCUT2D eigenvalue weighted by Crippen LogP contribution is 2.68. The molecule has 2 N–H and O–H groups in total. The van der Waals surface area contributed by atoms with Crippen molar-refractivity contribution in [2.45, 2.75) is 116 Å². The lowest BCUT2D eigenvalue weighted by Crippen LogP contribution is -2.58. The molecule has 6 nitrogen and oxygen atoms in total. The Hall–Kier alpha value is -1.14. The van der Waals surface area contributed by atoms with Crippen LogP contribution in [0.15, 0.2) is 4.99 Å². The fourth-order valence-corrected chi connectivity index (χ4v) is 9.89. The Morgan fingerprint density at radius 3 is 2.61 bits per heavy atom. The highest BCUT2D eigenvalue weighted by atomic mass is 16.6. The monoisotopic (exact) mass is 503 g/mol. The number of aliphatic hydroxyl groups is 2. The summed E-state index contributed by atoms with van der Waals surface area (Å²) in [5, 5.41) is 21.7. The molecule has 5 aliphatic rings. The van der Waals surface area contributed by atoms with Gasteiger partial charge in [0, 0.05) is 19.9 Å². The normalized spacial score (nSPS) is 48.3. The predicted octanol–water partition coefficient (Wildman–Crippen LogP) is 5.14. The van der Waals surface area contributed by atoms with Gasteiger partial charge in [0.1, 0.15) is 6.10 Å². The molecule has 6 heteroatoms. The molecule has 0 spiro atoms. The Morgan fingerprint density at radius 2 is 1.83 bits per heavy atom. The first-order valence-corrected chi connectivity index (χ1v) is 14.8. The van der Waals surface area contributed by atoms with Crippen LogP contribution < -0.4 is 0 Å². The van der Waals surface area contributed by atoms with Crippen molar-refractivity contribution in [2.24, 2.45) is 51.3 Å². The van der Waals surface area contributed by atoms with E-state index in [4.69, 9.17) is 9.47 Å². The Kier molecular flexibility index (Phi) is 7.50. The molecule has 0 aromatic carbocycles. The molecule has 0 aromatic heterocycles. The molecule has 5 rings (SSSR count). The number of ether oxygens (including phenoxy) is 2. The molecule has 5 fully saturated rings. The summed E-state index contributed by atoms with van der Waals surface area (Å²) in [5.41, 5.74) is 0.514. The molecule has 1 aliphatic heterocycles. The molecule has 0 radical (unpaired) electrons. The van der Waals surface area contributed by atoms with Crippen molar-refractivity contribution in [3.63, 3.8) is 0 Å². The quantitative estimate of drug-likeness (QED) is 0.507. The number of hydrogen-bond acceptors (Lipinski definition) is 6. The lowest BCUT2D eigenvalue weighted by molar-refractivity contribution is -0.174. The number of aliphatic hydroxyl groups excluding tert-OH is 2. The minimum absolute atomic E-state index is 0.0891. The molecule has 0 amide bonds. The van der Waals surface area contributed by atoms with Crippen LogP contribution in [0.1, 0.15) is 97.8 Å². The maximum absolute atomic E-state index is 12.7. The van der Waals surface area contributed by atoms with E-state index in [2.05, 4.69) is 25.8 Å². The van der Waals surface area contributed by atoms with Gasteiger partial charge in [0.25, 0.3) is 0 Å². The van der Waals surface area contributed by atoms with Crippen LogP contribution in [0.3, 0.4) is 0 Å². The zero-order valence-electron chi connectivity index (χ0n) is 23.0. The number of nitrogens with zero attached hydrogens (tertiary/aromatic N) is 1. The number of esters is 1. The maximum atomic E-state index is 12.7. The van der Waals surface area contributed by atoms with Crippen LogP contribution in [0.25, 0.3) is 0 Å². The van der Waals surface area contributed by atoms with Gasteiger partial charge in [-0.2, -0.15) is 0 Å². The number of rotatable bonds is 5.